The first-order chi connectivity index (χ1) is 16.5. The van der Waals surface area contributed by atoms with Gasteiger partial charge in [-0.15, -0.1) is 0 Å². The van der Waals surface area contributed by atoms with E-state index in [0.717, 1.165) is 47.8 Å². The number of hydrogen-bond donors (Lipinski definition) is 2. The van der Waals surface area contributed by atoms with E-state index in [9.17, 15) is 4.79 Å². The lowest BCUT2D eigenvalue weighted by Gasteiger charge is -2.29. The number of ether oxygens (including phenoxy) is 1. The number of nitrogens with zero attached hydrogens (tertiary/aromatic N) is 3. The molecule has 2 N–H and O–H groups in total. The van der Waals surface area contributed by atoms with Crippen molar-refractivity contribution in [1.29, 1.82) is 0 Å². The smallest absolute Gasteiger partial charge is 0.373 e. The fourth-order valence-corrected chi connectivity index (χ4v) is 3.62. The first-order valence-corrected chi connectivity index (χ1v) is 11.0. The number of rotatable bonds is 5. The molecule has 1 fully saturated rings. The molecule has 0 spiro atoms. The Morgan fingerprint density at radius 2 is 1.56 bits per heavy atom. The molecule has 9 nitrogen and oxygen atoms in total. The number of aromatic nitrogens is 2. The van der Waals surface area contributed by atoms with E-state index in [4.69, 9.17) is 24.3 Å². The van der Waals surface area contributed by atoms with E-state index in [2.05, 4.69) is 29.4 Å². The van der Waals surface area contributed by atoms with Gasteiger partial charge < -0.3 is 20.3 Å². The monoisotopic (exact) mass is 461 g/mol. The van der Waals surface area contributed by atoms with E-state index in [1.807, 2.05) is 54.6 Å². The van der Waals surface area contributed by atoms with Crippen LogP contribution in [0, 0.1) is 6.92 Å². The van der Waals surface area contributed by atoms with Crippen molar-refractivity contribution in [2.75, 3.05) is 41.8 Å². The Kier molecular flexibility index (Phi) is 8.85. The number of hydrogen-bond acceptors (Lipinski definition) is 7. The minimum Gasteiger partial charge on any atom is -0.378 e. The Morgan fingerprint density at radius 1 is 0.971 bits per heavy atom. The predicted octanol–water partition coefficient (Wildman–Crippen LogP) is 3.91. The lowest BCUT2D eigenvalue weighted by Crippen LogP contribution is -2.37. The van der Waals surface area contributed by atoms with E-state index in [-0.39, 0.29) is 12.2 Å². The van der Waals surface area contributed by atoms with Crippen LogP contribution >= 0.6 is 0 Å². The van der Waals surface area contributed by atoms with Crippen molar-refractivity contribution in [3.8, 4) is 11.4 Å². The second kappa shape index (κ2) is 12.2. The van der Waals surface area contributed by atoms with Crippen LogP contribution in [0.4, 0.5) is 22.0 Å². The fraction of sp³-hybridized carbons (Fsp3) is 0.280. The summed E-state index contributed by atoms with van der Waals surface area (Å²) in [5.41, 5.74) is 4.54. The Balaban J connectivity index is 0.00000103. The van der Waals surface area contributed by atoms with Gasteiger partial charge in [-0.3, -0.25) is 0 Å². The van der Waals surface area contributed by atoms with Crippen molar-refractivity contribution in [3.63, 3.8) is 0 Å². The molecule has 0 saturated carbocycles. The average molecular weight is 462 g/mol. The number of carbonyl (C=O) groups is 1. The van der Waals surface area contributed by atoms with Gasteiger partial charge in [0.15, 0.2) is 5.82 Å². The maximum atomic E-state index is 12.2. The Bertz CT molecular complexity index is 1120. The van der Waals surface area contributed by atoms with Gasteiger partial charge in [0.2, 0.25) is 0 Å². The van der Waals surface area contributed by atoms with Crippen molar-refractivity contribution in [2.24, 2.45) is 0 Å². The van der Waals surface area contributed by atoms with Crippen molar-refractivity contribution < 1.29 is 19.1 Å². The summed E-state index contributed by atoms with van der Waals surface area (Å²) in [7, 11) is 0. The average Bonchev–Trinajstić information content (AvgIpc) is 2.86. The van der Waals surface area contributed by atoms with Gasteiger partial charge in [-0.1, -0.05) is 25.1 Å². The molecule has 2 amide bonds. The minimum absolute atomic E-state index is 0.250. The summed E-state index contributed by atoms with van der Waals surface area (Å²) < 4.78 is 5.49. The zero-order chi connectivity index (χ0) is 24.3. The highest BCUT2D eigenvalue weighted by atomic mass is 16.5. The van der Waals surface area contributed by atoms with Crippen molar-refractivity contribution in [3.05, 3.63) is 65.9 Å². The van der Waals surface area contributed by atoms with E-state index < -0.39 is 0 Å². The van der Waals surface area contributed by atoms with E-state index in [0.29, 0.717) is 24.7 Å². The number of aryl methyl sites for hydroxylation is 1. The highest BCUT2D eigenvalue weighted by Crippen LogP contribution is 2.26. The summed E-state index contributed by atoms with van der Waals surface area (Å²) in [6.07, 6.45) is 1.10. The van der Waals surface area contributed by atoms with Gasteiger partial charge >= 0.3 is 12.2 Å². The van der Waals surface area contributed by atoms with Crippen LogP contribution in [0.2, 0.25) is 0 Å². The Hall–Kier alpha value is -4.07. The second-order valence-corrected chi connectivity index (χ2v) is 7.50. The molecule has 0 bridgehead atoms. The molecule has 9 heteroatoms. The van der Waals surface area contributed by atoms with Crippen LogP contribution in [-0.2, 0) is 20.7 Å². The van der Waals surface area contributed by atoms with E-state index in [1.54, 1.807) is 0 Å². The molecule has 3 aromatic rings. The van der Waals surface area contributed by atoms with Crippen LogP contribution < -0.4 is 15.5 Å². The number of amides is 2. The van der Waals surface area contributed by atoms with Crippen molar-refractivity contribution in [1.82, 2.24) is 9.97 Å². The van der Waals surface area contributed by atoms with E-state index in [1.165, 1.54) is 0 Å². The molecule has 1 aromatic heterocycles. The largest absolute Gasteiger partial charge is 0.378 e. The number of nitrogens with one attached hydrogen (secondary N) is 2. The van der Waals surface area contributed by atoms with Gasteiger partial charge in [0.25, 0.3) is 0 Å². The number of morpholine rings is 1. The minimum atomic E-state index is -0.284. The summed E-state index contributed by atoms with van der Waals surface area (Å²) in [5.74, 6) is 1.68. The molecule has 1 aliphatic rings. The molecule has 34 heavy (non-hydrogen) atoms. The van der Waals surface area contributed by atoms with Gasteiger partial charge in [0, 0.05) is 41.3 Å². The van der Waals surface area contributed by atoms with Gasteiger partial charge in [0.05, 0.1) is 13.2 Å². The number of carbonyl (C=O) groups excluding carboxylic acids is 3. The molecule has 0 aliphatic carbocycles. The molecule has 1 saturated heterocycles. The molecule has 0 unspecified atom stereocenters. The first-order valence-electron chi connectivity index (χ1n) is 11.0. The highest BCUT2D eigenvalue weighted by Gasteiger charge is 2.19. The Labute approximate surface area is 198 Å². The first kappa shape index (κ1) is 24.6. The third-order valence-electron chi connectivity index (χ3n) is 5.30. The van der Waals surface area contributed by atoms with Crippen LogP contribution in [0.15, 0.2) is 54.6 Å². The lowest BCUT2D eigenvalue weighted by atomic mass is 10.1. The number of benzene rings is 2. The van der Waals surface area contributed by atoms with Crippen LogP contribution in [0.3, 0.4) is 0 Å². The molecule has 176 valence electrons. The van der Waals surface area contributed by atoms with Crippen LogP contribution in [-0.4, -0.2) is 48.5 Å². The molecule has 0 radical (unpaired) electrons. The number of urea groups is 1. The maximum absolute atomic E-state index is 12.2. The predicted molar refractivity (Wildman–Crippen MR) is 129 cm³/mol. The van der Waals surface area contributed by atoms with Gasteiger partial charge in [-0.05, 0) is 49.7 Å². The standard InChI is InChI=1S/C24H27N5O2.CO2/c1-3-21-17(2)23(29-13-15-31-16-14-29)28-22(27-21)18-9-11-20(12-10-18)26-24(30)25-19-7-5-4-6-8-19;2-1-3/h4-12H,3,13-16H2,1-2H3,(H2,25,26,30);. The maximum Gasteiger partial charge on any atom is 0.373 e. The summed E-state index contributed by atoms with van der Waals surface area (Å²) in [6.45, 7) is 7.29. The van der Waals surface area contributed by atoms with Gasteiger partial charge in [0.1, 0.15) is 5.82 Å². The molecule has 2 aromatic carbocycles. The zero-order valence-corrected chi connectivity index (χ0v) is 19.2. The number of anilines is 3. The number of para-hydroxylation sites is 1. The highest BCUT2D eigenvalue weighted by molar-refractivity contribution is 5.99. The molecule has 4 rings (SSSR count). The van der Waals surface area contributed by atoms with Crippen LogP contribution in [0.5, 0.6) is 0 Å². The quantitative estimate of drug-likeness (QED) is 0.592. The fourth-order valence-electron chi connectivity index (χ4n) is 3.62. The SMILES string of the molecule is CCc1nc(-c2ccc(NC(=O)Nc3ccccc3)cc2)nc(N2CCOCC2)c1C.O=C=O. The topological polar surface area (TPSA) is 114 Å². The van der Waals surface area contributed by atoms with Crippen molar-refractivity contribution in [2.45, 2.75) is 20.3 Å². The van der Waals surface area contributed by atoms with E-state index >= 15 is 0 Å². The van der Waals surface area contributed by atoms with Gasteiger partial charge in [-0.25, -0.2) is 14.8 Å². The molecule has 0 atom stereocenters. The molecular weight excluding hydrogens is 434 g/mol. The zero-order valence-electron chi connectivity index (χ0n) is 19.2. The molecular formula is C25H27N5O4. The summed E-state index contributed by atoms with van der Waals surface area (Å²) in [5, 5.41) is 5.66. The van der Waals surface area contributed by atoms with Crippen LogP contribution in [0.25, 0.3) is 11.4 Å². The summed E-state index contributed by atoms with van der Waals surface area (Å²) >= 11 is 0. The summed E-state index contributed by atoms with van der Waals surface area (Å²) in [6, 6.07) is 16.7. The van der Waals surface area contributed by atoms with Crippen LogP contribution in [0.1, 0.15) is 18.2 Å². The second-order valence-electron chi connectivity index (χ2n) is 7.50. The Morgan fingerprint density at radius 3 is 2.15 bits per heavy atom. The third-order valence-corrected chi connectivity index (χ3v) is 5.30. The molecule has 2 heterocycles. The normalized spacial score (nSPS) is 12.7. The summed E-state index contributed by atoms with van der Waals surface area (Å²) in [4.78, 5) is 40.4. The third kappa shape index (κ3) is 6.48. The lowest BCUT2D eigenvalue weighted by molar-refractivity contribution is -0.191. The molecule has 1 aliphatic heterocycles. The van der Waals surface area contributed by atoms with Crippen molar-refractivity contribution >= 4 is 29.4 Å². The van der Waals surface area contributed by atoms with Gasteiger partial charge in [-0.2, -0.15) is 9.59 Å².